The van der Waals surface area contributed by atoms with Crippen LogP contribution in [0.5, 0.6) is 0 Å². The predicted molar refractivity (Wildman–Crippen MR) is 66.2 cm³/mol. The molecule has 4 heteroatoms. The van der Waals surface area contributed by atoms with Crippen LogP contribution in [0.4, 0.5) is 10.1 Å². The number of hydrogen-bond acceptors (Lipinski definition) is 2. The number of rotatable bonds is 5. The van der Waals surface area contributed by atoms with Crippen molar-refractivity contribution in [2.24, 2.45) is 0 Å². The zero-order chi connectivity index (χ0) is 12.1. The molecule has 0 aliphatic carbocycles. The van der Waals surface area contributed by atoms with Crippen LogP contribution in [-0.4, -0.2) is 9.78 Å². The van der Waals surface area contributed by atoms with Gasteiger partial charge in [0.1, 0.15) is 5.82 Å². The Hall–Kier alpha value is -1.84. The third-order valence-corrected chi connectivity index (χ3v) is 2.56. The van der Waals surface area contributed by atoms with E-state index in [-0.39, 0.29) is 5.82 Å². The molecule has 0 spiro atoms. The lowest BCUT2D eigenvalue weighted by molar-refractivity contribution is 0.578. The van der Waals surface area contributed by atoms with E-state index >= 15 is 0 Å². The second kappa shape index (κ2) is 5.48. The van der Waals surface area contributed by atoms with Gasteiger partial charge in [-0.3, -0.25) is 4.68 Å². The molecule has 0 unspecified atom stereocenters. The van der Waals surface area contributed by atoms with Crippen LogP contribution >= 0.6 is 0 Å². The van der Waals surface area contributed by atoms with Gasteiger partial charge in [0, 0.05) is 18.4 Å². The number of hydrogen-bond donors (Lipinski definition) is 1. The van der Waals surface area contributed by atoms with Crippen molar-refractivity contribution >= 4 is 5.69 Å². The maximum absolute atomic E-state index is 12.7. The zero-order valence-corrected chi connectivity index (χ0v) is 9.86. The summed E-state index contributed by atoms with van der Waals surface area (Å²) in [6.45, 7) is 3.75. The highest BCUT2D eigenvalue weighted by molar-refractivity contribution is 5.43. The molecule has 0 amide bonds. The lowest BCUT2D eigenvalue weighted by Gasteiger charge is -2.08. The minimum absolute atomic E-state index is 0.216. The SMILES string of the molecule is CCCn1nccc1CNc1ccc(F)cc1. The molecule has 1 aromatic heterocycles. The topological polar surface area (TPSA) is 29.9 Å². The Bertz CT molecular complexity index is 462. The first-order valence-electron chi connectivity index (χ1n) is 5.79. The van der Waals surface area contributed by atoms with Crippen molar-refractivity contribution in [1.82, 2.24) is 9.78 Å². The third kappa shape index (κ3) is 3.06. The molecule has 0 bridgehead atoms. The summed E-state index contributed by atoms with van der Waals surface area (Å²) >= 11 is 0. The van der Waals surface area contributed by atoms with E-state index in [1.807, 2.05) is 10.7 Å². The Kier molecular flexibility index (Phi) is 3.75. The molecule has 0 aliphatic heterocycles. The molecule has 0 radical (unpaired) electrons. The molecule has 17 heavy (non-hydrogen) atoms. The summed E-state index contributed by atoms with van der Waals surface area (Å²) < 4.78 is 14.7. The van der Waals surface area contributed by atoms with Crippen molar-refractivity contribution in [2.75, 3.05) is 5.32 Å². The fraction of sp³-hybridized carbons (Fsp3) is 0.308. The highest BCUT2D eigenvalue weighted by Gasteiger charge is 2.01. The molecular weight excluding hydrogens is 217 g/mol. The standard InChI is InChI=1S/C13H16FN3/c1-2-9-17-13(7-8-16-17)10-15-12-5-3-11(14)4-6-12/h3-8,15H,2,9-10H2,1H3. The molecule has 1 N–H and O–H groups in total. The van der Waals surface area contributed by atoms with Crippen molar-refractivity contribution in [3.05, 3.63) is 48.0 Å². The second-order valence-corrected chi connectivity index (χ2v) is 3.91. The van der Waals surface area contributed by atoms with E-state index < -0.39 is 0 Å². The Balaban J connectivity index is 1.97. The average Bonchev–Trinajstić information content (AvgIpc) is 2.77. The van der Waals surface area contributed by atoms with Gasteiger partial charge in [0.15, 0.2) is 0 Å². The average molecular weight is 233 g/mol. The molecule has 0 saturated heterocycles. The van der Waals surface area contributed by atoms with E-state index in [9.17, 15) is 4.39 Å². The zero-order valence-electron chi connectivity index (χ0n) is 9.86. The highest BCUT2D eigenvalue weighted by atomic mass is 19.1. The van der Waals surface area contributed by atoms with Crippen LogP contribution in [0.15, 0.2) is 36.5 Å². The summed E-state index contributed by atoms with van der Waals surface area (Å²) in [7, 11) is 0. The third-order valence-electron chi connectivity index (χ3n) is 2.56. The van der Waals surface area contributed by atoms with E-state index in [4.69, 9.17) is 0 Å². The summed E-state index contributed by atoms with van der Waals surface area (Å²) in [5, 5.41) is 7.49. The van der Waals surface area contributed by atoms with Gasteiger partial charge in [0.25, 0.3) is 0 Å². The minimum Gasteiger partial charge on any atom is -0.379 e. The molecule has 1 heterocycles. The maximum atomic E-state index is 12.7. The van der Waals surface area contributed by atoms with Crippen LogP contribution in [0.2, 0.25) is 0 Å². The smallest absolute Gasteiger partial charge is 0.123 e. The van der Waals surface area contributed by atoms with E-state index in [1.165, 1.54) is 12.1 Å². The number of nitrogens with one attached hydrogen (secondary N) is 1. The molecule has 0 fully saturated rings. The largest absolute Gasteiger partial charge is 0.379 e. The van der Waals surface area contributed by atoms with Crippen LogP contribution < -0.4 is 5.32 Å². The van der Waals surface area contributed by atoms with Crippen molar-refractivity contribution < 1.29 is 4.39 Å². The molecule has 0 saturated carbocycles. The van der Waals surface area contributed by atoms with E-state index in [1.54, 1.807) is 18.3 Å². The molecular formula is C13H16FN3. The van der Waals surface area contributed by atoms with E-state index in [0.29, 0.717) is 6.54 Å². The van der Waals surface area contributed by atoms with Gasteiger partial charge in [0.05, 0.1) is 12.2 Å². The molecule has 2 aromatic rings. The van der Waals surface area contributed by atoms with Gasteiger partial charge in [-0.25, -0.2) is 4.39 Å². The highest BCUT2D eigenvalue weighted by Crippen LogP contribution is 2.10. The Morgan fingerprint density at radius 2 is 2.00 bits per heavy atom. The number of nitrogens with zero attached hydrogens (tertiary/aromatic N) is 2. The molecule has 3 nitrogen and oxygen atoms in total. The van der Waals surface area contributed by atoms with Gasteiger partial charge < -0.3 is 5.32 Å². The lowest BCUT2D eigenvalue weighted by Crippen LogP contribution is -2.08. The Morgan fingerprint density at radius 3 is 2.71 bits per heavy atom. The van der Waals surface area contributed by atoms with Crippen LogP contribution in [0, 0.1) is 5.82 Å². The first-order valence-corrected chi connectivity index (χ1v) is 5.79. The number of anilines is 1. The van der Waals surface area contributed by atoms with Gasteiger partial charge in [-0.05, 0) is 36.8 Å². The quantitative estimate of drug-likeness (QED) is 0.860. The summed E-state index contributed by atoms with van der Waals surface area (Å²) in [4.78, 5) is 0. The van der Waals surface area contributed by atoms with Crippen molar-refractivity contribution in [3.8, 4) is 0 Å². The second-order valence-electron chi connectivity index (χ2n) is 3.91. The van der Waals surface area contributed by atoms with Gasteiger partial charge >= 0.3 is 0 Å². The van der Waals surface area contributed by atoms with Crippen LogP contribution in [-0.2, 0) is 13.1 Å². The Labute approximate surface area is 100 Å². The van der Waals surface area contributed by atoms with Crippen LogP contribution in [0.25, 0.3) is 0 Å². The molecule has 0 atom stereocenters. The molecule has 1 aromatic carbocycles. The maximum Gasteiger partial charge on any atom is 0.123 e. The number of halogens is 1. The van der Waals surface area contributed by atoms with E-state index in [2.05, 4.69) is 17.3 Å². The minimum atomic E-state index is -0.216. The molecule has 2 rings (SSSR count). The van der Waals surface area contributed by atoms with Crippen LogP contribution in [0.3, 0.4) is 0 Å². The normalized spacial score (nSPS) is 10.5. The summed E-state index contributed by atoms with van der Waals surface area (Å²) in [5.74, 6) is -0.216. The van der Waals surface area contributed by atoms with Gasteiger partial charge in [0.2, 0.25) is 0 Å². The number of aromatic nitrogens is 2. The lowest BCUT2D eigenvalue weighted by atomic mass is 10.3. The van der Waals surface area contributed by atoms with Crippen molar-refractivity contribution in [1.29, 1.82) is 0 Å². The number of aryl methyl sites for hydroxylation is 1. The predicted octanol–water partition coefficient (Wildman–Crippen LogP) is 3.04. The summed E-state index contributed by atoms with van der Waals surface area (Å²) in [6, 6.07) is 8.36. The number of benzene rings is 1. The fourth-order valence-electron chi connectivity index (χ4n) is 1.68. The van der Waals surface area contributed by atoms with Gasteiger partial charge in [-0.2, -0.15) is 5.10 Å². The van der Waals surface area contributed by atoms with Gasteiger partial charge in [-0.15, -0.1) is 0 Å². The van der Waals surface area contributed by atoms with Crippen molar-refractivity contribution in [2.45, 2.75) is 26.4 Å². The van der Waals surface area contributed by atoms with E-state index in [0.717, 1.165) is 24.3 Å². The van der Waals surface area contributed by atoms with Crippen LogP contribution in [0.1, 0.15) is 19.0 Å². The first kappa shape index (κ1) is 11.6. The first-order chi connectivity index (χ1) is 8.29. The van der Waals surface area contributed by atoms with Crippen molar-refractivity contribution in [3.63, 3.8) is 0 Å². The molecule has 90 valence electrons. The Morgan fingerprint density at radius 1 is 1.24 bits per heavy atom. The fourth-order valence-corrected chi connectivity index (χ4v) is 1.68. The monoisotopic (exact) mass is 233 g/mol. The van der Waals surface area contributed by atoms with Gasteiger partial charge in [-0.1, -0.05) is 6.92 Å². The summed E-state index contributed by atoms with van der Waals surface area (Å²) in [5.41, 5.74) is 2.05. The molecule has 0 aliphatic rings. The summed E-state index contributed by atoms with van der Waals surface area (Å²) in [6.07, 6.45) is 2.86.